The monoisotopic (exact) mass is 216 g/mol. The minimum Gasteiger partial charge on any atom is -0.393 e. The number of hydrogen-bond acceptors (Lipinski definition) is 2. The lowest BCUT2D eigenvalue weighted by atomic mass is 9.95. The van der Waals surface area contributed by atoms with Crippen molar-refractivity contribution in [1.82, 2.24) is 0 Å². The highest BCUT2D eigenvalue weighted by Crippen LogP contribution is 2.17. The van der Waals surface area contributed by atoms with E-state index in [1.54, 1.807) is 0 Å². The van der Waals surface area contributed by atoms with Gasteiger partial charge in [-0.25, -0.2) is 0 Å². The molecular formula is C14H16O2. The van der Waals surface area contributed by atoms with E-state index in [2.05, 4.69) is 11.8 Å². The van der Waals surface area contributed by atoms with Crippen LogP contribution in [-0.4, -0.2) is 24.4 Å². The molecule has 2 nitrogen and oxygen atoms in total. The molecule has 0 saturated carbocycles. The Morgan fingerprint density at radius 1 is 1.31 bits per heavy atom. The number of rotatable bonds is 1. The molecule has 0 spiro atoms. The normalized spacial score (nSPS) is 24.6. The fraction of sp³-hybridized carbons (Fsp3) is 0.429. The van der Waals surface area contributed by atoms with Crippen molar-refractivity contribution < 1.29 is 9.84 Å². The van der Waals surface area contributed by atoms with Crippen molar-refractivity contribution in [1.29, 1.82) is 0 Å². The van der Waals surface area contributed by atoms with Crippen LogP contribution in [0, 0.1) is 17.8 Å². The van der Waals surface area contributed by atoms with Gasteiger partial charge in [0.25, 0.3) is 0 Å². The summed E-state index contributed by atoms with van der Waals surface area (Å²) in [4.78, 5) is 0. The molecule has 2 unspecified atom stereocenters. The van der Waals surface area contributed by atoms with E-state index in [1.165, 1.54) is 0 Å². The third-order valence-corrected chi connectivity index (χ3v) is 2.80. The van der Waals surface area contributed by atoms with Crippen molar-refractivity contribution in [3.63, 3.8) is 0 Å². The molecule has 1 N–H and O–H groups in total. The van der Waals surface area contributed by atoms with E-state index in [-0.39, 0.29) is 12.0 Å². The van der Waals surface area contributed by atoms with Crippen molar-refractivity contribution in [3.05, 3.63) is 35.9 Å². The van der Waals surface area contributed by atoms with Crippen molar-refractivity contribution in [2.75, 3.05) is 13.2 Å². The van der Waals surface area contributed by atoms with Gasteiger partial charge in [-0.3, -0.25) is 0 Å². The molecule has 2 atom stereocenters. The Balaban J connectivity index is 1.89. The number of aliphatic hydroxyl groups excluding tert-OH is 1. The largest absolute Gasteiger partial charge is 0.393 e. The van der Waals surface area contributed by atoms with Crippen LogP contribution >= 0.6 is 0 Å². The van der Waals surface area contributed by atoms with Crippen LogP contribution in [0.1, 0.15) is 18.4 Å². The number of aliphatic hydroxyl groups is 1. The Morgan fingerprint density at radius 2 is 2.12 bits per heavy atom. The Labute approximate surface area is 96.3 Å². The molecule has 1 fully saturated rings. The number of ether oxygens (including phenoxy) is 1. The molecule has 0 radical (unpaired) electrons. The highest BCUT2D eigenvalue weighted by Gasteiger charge is 2.22. The summed E-state index contributed by atoms with van der Waals surface area (Å²) in [7, 11) is 0. The molecule has 1 aliphatic heterocycles. The SMILES string of the molecule is OC1CCOCC1CC#Cc1ccccc1. The molecular weight excluding hydrogens is 200 g/mol. The molecule has 0 aromatic heterocycles. The molecule has 0 bridgehead atoms. The quantitative estimate of drug-likeness (QED) is 0.726. The van der Waals surface area contributed by atoms with Gasteiger partial charge in [0, 0.05) is 24.5 Å². The van der Waals surface area contributed by atoms with Crippen molar-refractivity contribution in [3.8, 4) is 11.8 Å². The van der Waals surface area contributed by atoms with Crippen LogP contribution in [0.5, 0.6) is 0 Å². The zero-order valence-corrected chi connectivity index (χ0v) is 9.23. The van der Waals surface area contributed by atoms with Gasteiger partial charge < -0.3 is 9.84 Å². The van der Waals surface area contributed by atoms with Gasteiger partial charge in [-0.2, -0.15) is 0 Å². The van der Waals surface area contributed by atoms with Crippen LogP contribution < -0.4 is 0 Å². The predicted octanol–water partition coefficient (Wildman–Crippen LogP) is 1.83. The third kappa shape index (κ3) is 3.10. The van der Waals surface area contributed by atoms with E-state index in [0.717, 1.165) is 12.0 Å². The van der Waals surface area contributed by atoms with E-state index in [0.29, 0.717) is 19.6 Å². The van der Waals surface area contributed by atoms with Crippen LogP contribution in [-0.2, 0) is 4.74 Å². The van der Waals surface area contributed by atoms with E-state index >= 15 is 0 Å². The van der Waals surface area contributed by atoms with E-state index in [1.807, 2.05) is 30.3 Å². The third-order valence-electron chi connectivity index (χ3n) is 2.80. The lowest BCUT2D eigenvalue weighted by Crippen LogP contribution is -2.31. The van der Waals surface area contributed by atoms with Gasteiger partial charge in [0.05, 0.1) is 12.7 Å². The maximum atomic E-state index is 9.72. The molecule has 16 heavy (non-hydrogen) atoms. The second-order valence-electron chi connectivity index (χ2n) is 4.06. The van der Waals surface area contributed by atoms with Crippen LogP contribution in [0.15, 0.2) is 30.3 Å². The number of hydrogen-bond donors (Lipinski definition) is 1. The highest BCUT2D eigenvalue weighted by molar-refractivity contribution is 5.33. The standard InChI is InChI=1S/C14H16O2/c15-14-9-10-16-11-13(14)8-4-7-12-5-2-1-3-6-12/h1-3,5-6,13-15H,8-11H2. The van der Waals surface area contributed by atoms with Gasteiger partial charge in [0.1, 0.15) is 0 Å². The maximum Gasteiger partial charge on any atom is 0.0621 e. The predicted molar refractivity (Wildman–Crippen MR) is 62.9 cm³/mol. The van der Waals surface area contributed by atoms with Crippen molar-refractivity contribution in [2.45, 2.75) is 18.9 Å². The Bertz CT molecular complexity index is 375. The minimum atomic E-state index is -0.251. The van der Waals surface area contributed by atoms with Gasteiger partial charge in [0.15, 0.2) is 0 Å². The van der Waals surface area contributed by atoms with Crippen molar-refractivity contribution in [2.24, 2.45) is 5.92 Å². The Morgan fingerprint density at radius 3 is 2.88 bits per heavy atom. The number of benzene rings is 1. The van der Waals surface area contributed by atoms with Crippen LogP contribution in [0.4, 0.5) is 0 Å². The summed E-state index contributed by atoms with van der Waals surface area (Å²) < 4.78 is 5.33. The lowest BCUT2D eigenvalue weighted by Gasteiger charge is -2.25. The minimum absolute atomic E-state index is 0.171. The highest BCUT2D eigenvalue weighted by atomic mass is 16.5. The summed E-state index contributed by atoms with van der Waals surface area (Å²) in [5.41, 5.74) is 1.02. The topological polar surface area (TPSA) is 29.5 Å². The lowest BCUT2D eigenvalue weighted by molar-refractivity contribution is -0.0333. The maximum absolute atomic E-state index is 9.72. The van der Waals surface area contributed by atoms with E-state index < -0.39 is 0 Å². The zero-order valence-electron chi connectivity index (χ0n) is 9.23. The second kappa shape index (κ2) is 5.69. The van der Waals surface area contributed by atoms with Gasteiger partial charge in [0.2, 0.25) is 0 Å². The average molecular weight is 216 g/mol. The summed E-state index contributed by atoms with van der Waals surface area (Å²) in [6, 6.07) is 9.90. The molecule has 1 aromatic rings. The summed E-state index contributed by atoms with van der Waals surface area (Å²) in [6.45, 7) is 1.30. The first kappa shape index (κ1) is 11.2. The summed E-state index contributed by atoms with van der Waals surface area (Å²) >= 11 is 0. The van der Waals surface area contributed by atoms with Crippen LogP contribution in [0.2, 0.25) is 0 Å². The molecule has 1 aromatic carbocycles. The zero-order chi connectivity index (χ0) is 11.2. The van der Waals surface area contributed by atoms with Gasteiger partial charge in [-0.1, -0.05) is 30.0 Å². The average Bonchev–Trinajstić information content (AvgIpc) is 2.33. The molecule has 84 valence electrons. The Kier molecular flexibility index (Phi) is 3.98. The molecule has 1 heterocycles. The van der Waals surface area contributed by atoms with Crippen LogP contribution in [0.3, 0.4) is 0 Å². The van der Waals surface area contributed by atoms with E-state index in [4.69, 9.17) is 4.74 Å². The summed E-state index contributed by atoms with van der Waals surface area (Å²) in [5.74, 6) is 6.38. The Hall–Kier alpha value is -1.30. The second-order valence-corrected chi connectivity index (χ2v) is 4.06. The molecule has 0 aliphatic carbocycles. The summed E-state index contributed by atoms with van der Waals surface area (Å²) in [5, 5.41) is 9.72. The molecule has 2 rings (SSSR count). The van der Waals surface area contributed by atoms with Crippen molar-refractivity contribution >= 4 is 0 Å². The fourth-order valence-corrected chi connectivity index (χ4v) is 1.79. The van der Waals surface area contributed by atoms with Crippen LogP contribution in [0.25, 0.3) is 0 Å². The molecule has 1 aliphatic rings. The molecule has 2 heteroatoms. The van der Waals surface area contributed by atoms with Gasteiger partial charge in [-0.05, 0) is 18.6 Å². The molecule has 0 amide bonds. The molecule has 1 saturated heterocycles. The van der Waals surface area contributed by atoms with Gasteiger partial charge >= 0.3 is 0 Å². The van der Waals surface area contributed by atoms with E-state index in [9.17, 15) is 5.11 Å². The summed E-state index contributed by atoms with van der Waals surface area (Å²) in [6.07, 6.45) is 1.19. The fourth-order valence-electron chi connectivity index (χ4n) is 1.79. The first-order valence-corrected chi connectivity index (χ1v) is 5.66. The smallest absolute Gasteiger partial charge is 0.0621 e. The van der Waals surface area contributed by atoms with Gasteiger partial charge in [-0.15, -0.1) is 0 Å². The first-order chi connectivity index (χ1) is 7.86. The first-order valence-electron chi connectivity index (χ1n) is 5.66.